The number of amides is 1. The number of nitrogens with one attached hydrogen (secondary N) is 1. The molecule has 1 aromatic heterocycles. The number of hydrazone groups is 1. The number of nitrogens with zero attached hydrogens (tertiary/aromatic N) is 4. The Kier molecular flexibility index (Phi) is 7.35. The summed E-state index contributed by atoms with van der Waals surface area (Å²) in [5.74, 6) is -1.19. The lowest BCUT2D eigenvalue weighted by Gasteiger charge is -2.22. The first-order valence-corrected chi connectivity index (χ1v) is 12.6. The van der Waals surface area contributed by atoms with E-state index in [4.69, 9.17) is 0 Å². The summed E-state index contributed by atoms with van der Waals surface area (Å²) in [5.41, 5.74) is 2.92. The van der Waals surface area contributed by atoms with Crippen LogP contribution in [0.4, 0.5) is 10.1 Å². The van der Waals surface area contributed by atoms with Crippen molar-refractivity contribution in [1.82, 2.24) is 14.8 Å². The smallest absolute Gasteiger partial charge is 0.283 e. The van der Waals surface area contributed by atoms with E-state index in [2.05, 4.69) is 10.5 Å². The van der Waals surface area contributed by atoms with Crippen LogP contribution in [-0.4, -0.2) is 36.4 Å². The Hall–Kier alpha value is -4.51. The molecule has 0 aliphatic rings. The predicted octanol–water partition coefficient (Wildman–Crippen LogP) is 2.97. The summed E-state index contributed by atoms with van der Waals surface area (Å²) < 4.78 is 44.1. The number of rotatable bonds is 8. The van der Waals surface area contributed by atoms with Gasteiger partial charge >= 0.3 is 0 Å². The normalized spacial score (nSPS) is 11.5. The van der Waals surface area contributed by atoms with Gasteiger partial charge in [0, 0.05) is 7.05 Å². The first kappa shape index (κ1) is 25.6. The minimum absolute atomic E-state index is 0.0773. The van der Waals surface area contributed by atoms with E-state index in [0.29, 0.717) is 16.9 Å². The van der Waals surface area contributed by atoms with Crippen LogP contribution in [0.3, 0.4) is 0 Å². The van der Waals surface area contributed by atoms with E-state index in [1.54, 1.807) is 62.5 Å². The first-order valence-electron chi connectivity index (χ1n) is 11.2. The number of carbonyl (C=O) groups excluding carboxylic acids is 1. The van der Waals surface area contributed by atoms with Crippen molar-refractivity contribution in [3.05, 3.63) is 112 Å². The first-order chi connectivity index (χ1) is 17.7. The minimum Gasteiger partial charge on any atom is -0.283 e. The summed E-state index contributed by atoms with van der Waals surface area (Å²) in [6, 6.07) is 21.7. The second kappa shape index (κ2) is 10.6. The van der Waals surface area contributed by atoms with E-state index in [0.717, 1.165) is 4.31 Å². The summed E-state index contributed by atoms with van der Waals surface area (Å²) in [4.78, 5) is 26.3. The van der Waals surface area contributed by atoms with E-state index in [1.165, 1.54) is 52.0 Å². The van der Waals surface area contributed by atoms with Gasteiger partial charge in [-0.05, 0) is 48.9 Å². The lowest BCUT2D eigenvalue weighted by Crippen LogP contribution is -2.42. The maximum absolute atomic E-state index is 13.7. The van der Waals surface area contributed by atoms with Gasteiger partial charge in [0.05, 0.1) is 22.5 Å². The van der Waals surface area contributed by atoms with Crippen molar-refractivity contribution in [2.45, 2.75) is 11.8 Å². The van der Waals surface area contributed by atoms with Crippen molar-refractivity contribution in [3.63, 3.8) is 0 Å². The van der Waals surface area contributed by atoms with Crippen molar-refractivity contribution in [2.75, 3.05) is 10.8 Å². The van der Waals surface area contributed by atoms with Crippen LogP contribution in [-0.2, 0) is 21.9 Å². The molecule has 0 atom stereocenters. The lowest BCUT2D eigenvalue weighted by molar-refractivity contribution is -0.119. The van der Waals surface area contributed by atoms with Gasteiger partial charge in [-0.25, -0.2) is 27.2 Å². The van der Waals surface area contributed by atoms with E-state index in [9.17, 15) is 22.4 Å². The molecule has 0 saturated heterocycles. The Morgan fingerprint density at radius 3 is 2.22 bits per heavy atom. The summed E-state index contributed by atoms with van der Waals surface area (Å²) >= 11 is 0. The number of aromatic nitrogens is 2. The Labute approximate surface area is 213 Å². The molecule has 0 radical (unpaired) electrons. The van der Waals surface area contributed by atoms with Crippen LogP contribution in [0.15, 0.2) is 99.7 Å². The molecule has 4 rings (SSSR count). The van der Waals surface area contributed by atoms with Gasteiger partial charge in [0.25, 0.3) is 21.5 Å². The Balaban J connectivity index is 1.73. The number of sulfonamides is 1. The SMILES string of the molecule is Cc1c(N(CC(=O)N/N=C\c2ccc(F)cc2)S(=O)(=O)c2ccccc2)c(=O)n(-c2ccccc2)n1C. The third-order valence-electron chi connectivity index (χ3n) is 5.66. The van der Waals surface area contributed by atoms with Gasteiger partial charge in [0.1, 0.15) is 18.0 Å². The predicted molar refractivity (Wildman–Crippen MR) is 139 cm³/mol. The van der Waals surface area contributed by atoms with Crippen molar-refractivity contribution in [3.8, 4) is 5.69 Å². The molecular weight excluding hydrogens is 497 g/mol. The van der Waals surface area contributed by atoms with Crippen LogP contribution >= 0.6 is 0 Å². The van der Waals surface area contributed by atoms with E-state index in [-0.39, 0.29) is 10.6 Å². The Morgan fingerprint density at radius 1 is 1.00 bits per heavy atom. The maximum Gasteiger partial charge on any atom is 0.296 e. The average molecular weight is 522 g/mol. The van der Waals surface area contributed by atoms with Crippen LogP contribution in [0.25, 0.3) is 5.69 Å². The highest BCUT2D eigenvalue weighted by atomic mass is 32.2. The summed E-state index contributed by atoms with van der Waals surface area (Å²) in [6.45, 7) is 0.904. The third-order valence-corrected chi connectivity index (χ3v) is 7.42. The fourth-order valence-corrected chi connectivity index (χ4v) is 5.23. The molecule has 1 amide bonds. The molecule has 9 nitrogen and oxygen atoms in total. The molecular formula is C26H24FN5O4S. The van der Waals surface area contributed by atoms with Gasteiger partial charge in [-0.2, -0.15) is 5.10 Å². The van der Waals surface area contributed by atoms with E-state index < -0.39 is 33.9 Å². The fraction of sp³-hybridized carbons (Fsp3) is 0.115. The van der Waals surface area contributed by atoms with E-state index >= 15 is 0 Å². The molecule has 0 bridgehead atoms. The second-order valence-corrected chi connectivity index (χ2v) is 9.94. The summed E-state index contributed by atoms with van der Waals surface area (Å²) in [6.07, 6.45) is 1.30. The quantitative estimate of drug-likeness (QED) is 0.284. The number of hydrogen-bond donors (Lipinski definition) is 1. The molecule has 190 valence electrons. The average Bonchev–Trinajstić information content (AvgIpc) is 3.12. The lowest BCUT2D eigenvalue weighted by atomic mass is 10.2. The molecule has 4 aromatic rings. The fourth-order valence-electron chi connectivity index (χ4n) is 3.74. The van der Waals surface area contributed by atoms with Gasteiger partial charge in [0.2, 0.25) is 0 Å². The van der Waals surface area contributed by atoms with Crippen molar-refractivity contribution < 1.29 is 17.6 Å². The molecule has 1 heterocycles. The van der Waals surface area contributed by atoms with E-state index in [1.807, 2.05) is 0 Å². The number of carbonyl (C=O) groups is 1. The zero-order chi connectivity index (χ0) is 26.6. The number of halogens is 1. The van der Waals surface area contributed by atoms with Crippen LogP contribution in [0, 0.1) is 12.7 Å². The molecule has 0 aliphatic carbocycles. The van der Waals surface area contributed by atoms with Gasteiger partial charge < -0.3 is 0 Å². The topological polar surface area (TPSA) is 106 Å². The van der Waals surface area contributed by atoms with Crippen LogP contribution in [0.5, 0.6) is 0 Å². The number of hydrogen-bond acceptors (Lipinski definition) is 5. The maximum atomic E-state index is 13.7. The van der Waals surface area contributed by atoms with Crippen LogP contribution in [0.1, 0.15) is 11.3 Å². The number of para-hydroxylation sites is 1. The standard InChI is InChI=1S/C26H24FN5O4S/c1-19-25(26(34)32(30(19)2)22-9-5-3-6-10-22)31(37(35,36)23-11-7-4-8-12-23)18-24(33)29-28-17-20-13-15-21(27)16-14-20/h3-17H,18H2,1-2H3,(H,29,33)/b28-17-. The molecule has 3 aromatic carbocycles. The summed E-state index contributed by atoms with van der Waals surface area (Å²) in [7, 11) is -2.68. The van der Waals surface area contributed by atoms with Gasteiger partial charge in [-0.1, -0.05) is 48.5 Å². The zero-order valence-corrected chi connectivity index (χ0v) is 20.9. The van der Waals surface area contributed by atoms with Crippen molar-refractivity contribution in [1.29, 1.82) is 0 Å². The number of benzene rings is 3. The largest absolute Gasteiger partial charge is 0.296 e. The zero-order valence-electron chi connectivity index (χ0n) is 20.1. The van der Waals surface area contributed by atoms with Gasteiger partial charge in [-0.3, -0.25) is 14.3 Å². The molecule has 0 spiro atoms. The minimum atomic E-state index is -4.31. The second-order valence-electron chi connectivity index (χ2n) is 8.08. The highest BCUT2D eigenvalue weighted by Gasteiger charge is 2.33. The molecule has 0 aliphatic heterocycles. The highest BCUT2D eigenvalue weighted by Crippen LogP contribution is 2.25. The summed E-state index contributed by atoms with van der Waals surface area (Å²) in [5, 5.41) is 3.83. The molecule has 11 heteroatoms. The molecule has 1 N–H and O–H groups in total. The molecule has 0 fully saturated rings. The van der Waals surface area contributed by atoms with Gasteiger partial charge in [0.15, 0.2) is 0 Å². The third kappa shape index (κ3) is 5.36. The van der Waals surface area contributed by atoms with Crippen LogP contribution in [0.2, 0.25) is 0 Å². The van der Waals surface area contributed by atoms with Crippen LogP contribution < -0.4 is 15.3 Å². The van der Waals surface area contributed by atoms with Crippen molar-refractivity contribution >= 4 is 27.8 Å². The molecule has 37 heavy (non-hydrogen) atoms. The van der Waals surface area contributed by atoms with Gasteiger partial charge in [-0.15, -0.1) is 0 Å². The number of anilines is 1. The Bertz CT molecular complexity index is 1600. The Morgan fingerprint density at radius 2 is 1.59 bits per heavy atom. The monoisotopic (exact) mass is 521 g/mol. The highest BCUT2D eigenvalue weighted by molar-refractivity contribution is 7.92. The molecule has 0 unspecified atom stereocenters. The van der Waals surface area contributed by atoms with Crippen molar-refractivity contribution in [2.24, 2.45) is 12.1 Å². The molecule has 0 saturated carbocycles.